The molecule has 0 heterocycles. The van der Waals surface area contributed by atoms with Crippen molar-refractivity contribution >= 4 is 12.6 Å². The minimum atomic E-state index is 0. The first kappa shape index (κ1) is 34.0. The van der Waals surface area contributed by atoms with Gasteiger partial charge in [-0.05, 0) is 59.2 Å². The Hall–Kier alpha value is 1.39. The van der Waals surface area contributed by atoms with Crippen LogP contribution in [-0.4, -0.2) is 5.25 Å². The second-order valence-corrected chi connectivity index (χ2v) is 8.15. The van der Waals surface area contributed by atoms with Crippen LogP contribution in [0.4, 0.5) is 0 Å². The van der Waals surface area contributed by atoms with Gasteiger partial charge in [-0.3, -0.25) is 6.08 Å². The van der Waals surface area contributed by atoms with Crippen LogP contribution in [0, 0.1) is 65.3 Å². The maximum absolute atomic E-state index is 4.76. The summed E-state index contributed by atoms with van der Waals surface area (Å²) in [5.74, 6) is 14.7. The fourth-order valence-electron chi connectivity index (χ4n) is 3.05. The van der Waals surface area contributed by atoms with Gasteiger partial charge in [0, 0.05) is 40.2 Å². The molecule has 1 atom stereocenters. The molecule has 2 aliphatic rings. The van der Waals surface area contributed by atoms with Crippen molar-refractivity contribution in [1.82, 2.24) is 0 Å². The summed E-state index contributed by atoms with van der Waals surface area (Å²) in [4.78, 5) is 0. The summed E-state index contributed by atoms with van der Waals surface area (Å²) in [6.07, 6.45) is 4.69. The third-order valence-electron chi connectivity index (χ3n) is 6.03. The fourth-order valence-corrected chi connectivity index (χ4v) is 3.18. The molecule has 0 spiro atoms. The molecule has 1 unspecified atom stereocenters. The molecule has 12 radical (unpaired) electrons. The van der Waals surface area contributed by atoms with E-state index in [0.29, 0.717) is 0 Å². The molecule has 0 amide bonds. The molecule has 0 bridgehead atoms. The van der Waals surface area contributed by atoms with E-state index in [-0.39, 0.29) is 45.5 Å². The summed E-state index contributed by atoms with van der Waals surface area (Å²) in [5.41, 5.74) is 0. The van der Waals surface area contributed by atoms with Crippen molar-refractivity contribution in [3.05, 3.63) is 71.3 Å². The van der Waals surface area contributed by atoms with Gasteiger partial charge in [0.25, 0.3) is 0 Å². The fraction of sp³-hybridized carbons (Fsp3) is 0.520. The van der Waals surface area contributed by atoms with E-state index in [1.165, 1.54) is 59.2 Å². The molecule has 2 aliphatic carbocycles. The first-order chi connectivity index (χ1) is 11.9. The number of allylic oxidation sites excluding steroid dienone is 1. The molecule has 2 saturated carbocycles. The summed E-state index contributed by atoms with van der Waals surface area (Å²) in [6, 6.07) is 0. The molecular weight excluding hydrogens is 717 g/mol. The molecule has 2 rings (SSSR count). The SMILES string of the molecule is C[C-]=CC(C)[S-].C[C]1[C](C)[C](C)[C](C)[C]1C.C[C]1[C](C)[C](C)[C](C)[C]1C.[Ir].[Ir]. The normalized spacial score (nSPS) is 23.8. The van der Waals surface area contributed by atoms with Crippen molar-refractivity contribution in [3.63, 3.8) is 0 Å². The van der Waals surface area contributed by atoms with Gasteiger partial charge in [-0.15, -0.1) is 0 Å². The van der Waals surface area contributed by atoms with Crippen molar-refractivity contribution in [2.24, 2.45) is 0 Å². The van der Waals surface area contributed by atoms with Crippen LogP contribution in [0.1, 0.15) is 83.1 Å². The Morgan fingerprint density at radius 2 is 0.679 bits per heavy atom. The van der Waals surface area contributed by atoms with Crippen molar-refractivity contribution in [2.45, 2.75) is 88.3 Å². The van der Waals surface area contributed by atoms with Crippen LogP contribution in [0.2, 0.25) is 0 Å². The predicted octanol–water partition coefficient (Wildman–Crippen LogP) is 7.24. The number of hydrogen-bond donors (Lipinski definition) is 0. The van der Waals surface area contributed by atoms with E-state index < -0.39 is 0 Å². The van der Waals surface area contributed by atoms with Crippen molar-refractivity contribution in [2.75, 3.05) is 0 Å². The zero-order chi connectivity index (χ0) is 20.8. The Morgan fingerprint density at radius 3 is 0.714 bits per heavy atom. The molecule has 0 aromatic heterocycles. The van der Waals surface area contributed by atoms with Gasteiger partial charge in [0.1, 0.15) is 0 Å². The van der Waals surface area contributed by atoms with Gasteiger partial charge in [-0.1, -0.05) is 76.2 Å². The molecule has 0 saturated heterocycles. The number of hydrogen-bond acceptors (Lipinski definition) is 1. The van der Waals surface area contributed by atoms with Crippen LogP contribution in [0.3, 0.4) is 0 Å². The minimum absolute atomic E-state index is 0. The summed E-state index contributed by atoms with van der Waals surface area (Å²) >= 11 is 4.76. The Balaban J connectivity index is -0.000000335. The van der Waals surface area contributed by atoms with E-state index in [1.807, 2.05) is 19.9 Å². The van der Waals surface area contributed by atoms with E-state index in [0.717, 1.165) is 0 Å². The standard InChI is InChI=1S/2C10H15.C5H9S.2Ir/c2*1-6-7(2)9(4)10(5)8(6)3;1-3-4-5(2)6;;/h2*1-5H3;4-6H,1-2H3;;/q;;-1;;/p-1. The smallest absolute Gasteiger partial charge is 0 e. The van der Waals surface area contributed by atoms with Gasteiger partial charge < -0.3 is 18.7 Å². The topological polar surface area (TPSA) is 0 Å². The van der Waals surface area contributed by atoms with Crippen LogP contribution in [-0.2, 0) is 52.8 Å². The van der Waals surface area contributed by atoms with Crippen molar-refractivity contribution in [3.8, 4) is 0 Å². The van der Waals surface area contributed by atoms with Gasteiger partial charge in [0.15, 0.2) is 0 Å². The van der Waals surface area contributed by atoms with Crippen LogP contribution in [0.25, 0.3) is 0 Å². The van der Waals surface area contributed by atoms with Crippen LogP contribution in [0.5, 0.6) is 0 Å². The summed E-state index contributed by atoms with van der Waals surface area (Å²) in [6.45, 7) is 25.8. The average Bonchev–Trinajstić information content (AvgIpc) is 2.86. The van der Waals surface area contributed by atoms with Crippen LogP contribution in [0.15, 0.2) is 6.08 Å². The van der Waals surface area contributed by atoms with E-state index >= 15 is 0 Å². The van der Waals surface area contributed by atoms with Crippen molar-refractivity contribution < 1.29 is 40.2 Å². The second-order valence-electron chi connectivity index (χ2n) is 7.41. The molecule has 0 N–H and O–H groups in total. The molecule has 164 valence electrons. The van der Waals surface area contributed by atoms with Gasteiger partial charge in [0.05, 0.1) is 0 Å². The van der Waals surface area contributed by atoms with Gasteiger partial charge in [-0.25, -0.2) is 0 Å². The van der Waals surface area contributed by atoms with E-state index in [2.05, 4.69) is 75.3 Å². The average molecular weight is 755 g/mol. The third-order valence-corrected chi connectivity index (χ3v) is 6.16. The largest absolute Gasteiger partial charge is 0.788 e. The van der Waals surface area contributed by atoms with E-state index in [9.17, 15) is 0 Å². The van der Waals surface area contributed by atoms with Crippen LogP contribution < -0.4 is 0 Å². The molecular formula is C25H38Ir2S-2. The molecule has 0 aromatic carbocycles. The second kappa shape index (κ2) is 16.1. The number of rotatable bonds is 1. The van der Waals surface area contributed by atoms with Crippen LogP contribution >= 0.6 is 0 Å². The van der Waals surface area contributed by atoms with Gasteiger partial charge >= 0.3 is 0 Å². The first-order valence-electron chi connectivity index (χ1n) is 9.44. The third kappa shape index (κ3) is 9.68. The minimum Gasteiger partial charge on any atom is -0.788 e. The summed E-state index contributed by atoms with van der Waals surface area (Å²) in [5, 5.41) is 0.245. The van der Waals surface area contributed by atoms with E-state index in [1.54, 1.807) is 0 Å². The maximum Gasteiger partial charge on any atom is 0 e. The van der Waals surface area contributed by atoms with Gasteiger partial charge in [-0.2, -0.15) is 12.2 Å². The summed E-state index contributed by atoms with van der Waals surface area (Å²) < 4.78 is 0. The molecule has 2 fully saturated rings. The Morgan fingerprint density at radius 1 is 0.536 bits per heavy atom. The monoisotopic (exact) mass is 756 g/mol. The van der Waals surface area contributed by atoms with Gasteiger partial charge in [0.2, 0.25) is 0 Å². The Labute approximate surface area is 211 Å². The predicted molar refractivity (Wildman–Crippen MR) is 119 cm³/mol. The Bertz CT molecular complexity index is 290. The molecule has 0 aromatic rings. The quantitative estimate of drug-likeness (QED) is 0.201. The molecule has 28 heavy (non-hydrogen) atoms. The van der Waals surface area contributed by atoms with Crippen molar-refractivity contribution in [1.29, 1.82) is 0 Å². The molecule has 3 heteroatoms. The zero-order valence-electron chi connectivity index (χ0n) is 19.7. The Kier molecular flexibility index (Phi) is 19.5. The zero-order valence-corrected chi connectivity index (χ0v) is 25.3. The maximum atomic E-state index is 4.76. The molecule has 0 nitrogen and oxygen atoms in total. The van der Waals surface area contributed by atoms with E-state index in [4.69, 9.17) is 12.6 Å². The molecule has 0 aliphatic heterocycles. The summed E-state index contributed by atoms with van der Waals surface area (Å²) in [7, 11) is 0. The first-order valence-corrected chi connectivity index (χ1v) is 9.91.